The number of nitrogens with zero attached hydrogens (tertiary/aromatic N) is 1. The van der Waals surface area contributed by atoms with Crippen molar-refractivity contribution < 1.29 is 9.53 Å². The first-order valence-corrected chi connectivity index (χ1v) is 7.09. The molecule has 3 nitrogen and oxygen atoms in total. The van der Waals surface area contributed by atoms with Crippen LogP contribution in [-0.2, 0) is 4.74 Å². The molecule has 1 saturated heterocycles. The minimum absolute atomic E-state index is 0.245. The highest BCUT2D eigenvalue weighted by Gasteiger charge is 2.20. The van der Waals surface area contributed by atoms with Crippen LogP contribution >= 0.6 is 0 Å². The summed E-state index contributed by atoms with van der Waals surface area (Å²) in [6.45, 7) is 3.88. The lowest BCUT2D eigenvalue weighted by Gasteiger charge is -2.32. The van der Waals surface area contributed by atoms with Crippen LogP contribution < -0.4 is 0 Å². The second kappa shape index (κ2) is 7.41. The Morgan fingerprint density at radius 2 is 2.16 bits per heavy atom. The smallest absolute Gasteiger partial charge is 0.164 e. The first kappa shape index (κ1) is 14.2. The van der Waals surface area contributed by atoms with Crippen LogP contribution in [0.5, 0.6) is 0 Å². The van der Waals surface area contributed by atoms with Crippen LogP contribution in [0.4, 0.5) is 0 Å². The first-order chi connectivity index (χ1) is 9.29. The average molecular weight is 261 g/mol. The molecule has 0 saturated carbocycles. The summed E-state index contributed by atoms with van der Waals surface area (Å²) in [6.07, 6.45) is 3.08. The third-order valence-corrected chi connectivity index (χ3v) is 3.76. The molecule has 1 aliphatic rings. The van der Waals surface area contributed by atoms with Gasteiger partial charge in [-0.1, -0.05) is 30.3 Å². The van der Waals surface area contributed by atoms with Gasteiger partial charge in [0.25, 0.3) is 0 Å². The Balaban J connectivity index is 1.77. The van der Waals surface area contributed by atoms with E-state index in [-0.39, 0.29) is 5.78 Å². The van der Waals surface area contributed by atoms with E-state index in [1.807, 2.05) is 30.3 Å². The summed E-state index contributed by atoms with van der Waals surface area (Å²) in [5.41, 5.74) is 0.827. The van der Waals surface area contributed by atoms with Crippen LogP contribution in [0.15, 0.2) is 30.3 Å². The number of likely N-dealkylation sites (tertiary alicyclic amines) is 1. The van der Waals surface area contributed by atoms with Gasteiger partial charge < -0.3 is 9.64 Å². The lowest BCUT2D eigenvalue weighted by molar-refractivity contribution is 0.0831. The van der Waals surface area contributed by atoms with Crippen molar-refractivity contribution in [3.8, 4) is 0 Å². The standard InChI is InChI=1S/C16H23NO2/c1-19-13-14-6-5-10-17(12-14)11-9-16(18)15-7-3-2-4-8-15/h2-4,7-8,14H,5-6,9-13H2,1H3. The normalized spacial score (nSPS) is 20.4. The molecule has 1 aromatic rings. The van der Waals surface area contributed by atoms with Gasteiger partial charge in [-0.15, -0.1) is 0 Å². The lowest BCUT2D eigenvalue weighted by atomic mass is 9.98. The topological polar surface area (TPSA) is 29.5 Å². The molecule has 1 aliphatic heterocycles. The molecule has 0 radical (unpaired) electrons. The monoisotopic (exact) mass is 261 g/mol. The fourth-order valence-corrected chi connectivity index (χ4v) is 2.75. The zero-order chi connectivity index (χ0) is 13.5. The molecular formula is C16H23NO2. The van der Waals surface area contributed by atoms with Crippen molar-refractivity contribution in [1.82, 2.24) is 4.90 Å². The minimum Gasteiger partial charge on any atom is -0.384 e. The van der Waals surface area contributed by atoms with Crippen molar-refractivity contribution in [3.63, 3.8) is 0 Å². The lowest BCUT2D eigenvalue weighted by Crippen LogP contribution is -2.38. The van der Waals surface area contributed by atoms with Crippen molar-refractivity contribution in [2.24, 2.45) is 5.92 Å². The zero-order valence-electron chi connectivity index (χ0n) is 11.7. The van der Waals surface area contributed by atoms with Crippen molar-refractivity contribution in [3.05, 3.63) is 35.9 Å². The fraction of sp³-hybridized carbons (Fsp3) is 0.562. The molecule has 1 unspecified atom stereocenters. The van der Waals surface area contributed by atoms with Gasteiger partial charge >= 0.3 is 0 Å². The van der Waals surface area contributed by atoms with E-state index < -0.39 is 0 Å². The van der Waals surface area contributed by atoms with Crippen molar-refractivity contribution in [2.45, 2.75) is 19.3 Å². The summed E-state index contributed by atoms with van der Waals surface area (Å²) in [7, 11) is 1.76. The van der Waals surface area contributed by atoms with E-state index >= 15 is 0 Å². The Kier molecular flexibility index (Phi) is 5.55. The van der Waals surface area contributed by atoms with Crippen molar-refractivity contribution in [2.75, 3.05) is 33.4 Å². The fourth-order valence-electron chi connectivity index (χ4n) is 2.75. The maximum absolute atomic E-state index is 12.0. The molecule has 0 bridgehead atoms. The molecule has 1 fully saturated rings. The number of methoxy groups -OCH3 is 1. The predicted molar refractivity (Wildman–Crippen MR) is 76.4 cm³/mol. The predicted octanol–water partition coefficient (Wildman–Crippen LogP) is 2.62. The van der Waals surface area contributed by atoms with Gasteiger partial charge in [-0.25, -0.2) is 0 Å². The van der Waals surface area contributed by atoms with E-state index in [0.29, 0.717) is 12.3 Å². The molecule has 1 heterocycles. The van der Waals surface area contributed by atoms with Gasteiger partial charge in [-0.3, -0.25) is 4.79 Å². The van der Waals surface area contributed by atoms with Gasteiger partial charge in [0.2, 0.25) is 0 Å². The van der Waals surface area contributed by atoms with Crippen LogP contribution in [0.3, 0.4) is 0 Å². The molecular weight excluding hydrogens is 238 g/mol. The van der Waals surface area contributed by atoms with Crippen LogP contribution in [0.2, 0.25) is 0 Å². The number of benzene rings is 1. The Labute approximate surface area is 115 Å². The molecule has 0 aromatic heterocycles. The zero-order valence-corrected chi connectivity index (χ0v) is 11.7. The van der Waals surface area contributed by atoms with E-state index in [9.17, 15) is 4.79 Å². The molecule has 0 amide bonds. The second-order valence-electron chi connectivity index (χ2n) is 5.30. The highest BCUT2D eigenvalue weighted by Crippen LogP contribution is 2.17. The first-order valence-electron chi connectivity index (χ1n) is 7.09. The second-order valence-corrected chi connectivity index (χ2v) is 5.30. The number of hydrogen-bond donors (Lipinski definition) is 0. The maximum atomic E-state index is 12.0. The Bertz CT molecular complexity index is 389. The summed E-state index contributed by atoms with van der Waals surface area (Å²) in [4.78, 5) is 14.4. The molecule has 19 heavy (non-hydrogen) atoms. The number of ether oxygens (including phenoxy) is 1. The molecule has 104 valence electrons. The minimum atomic E-state index is 0.245. The summed E-state index contributed by atoms with van der Waals surface area (Å²) in [6, 6.07) is 9.57. The van der Waals surface area contributed by atoms with Gasteiger partial charge in [-0.2, -0.15) is 0 Å². The van der Waals surface area contributed by atoms with E-state index in [1.165, 1.54) is 12.8 Å². The van der Waals surface area contributed by atoms with E-state index in [0.717, 1.165) is 31.8 Å². The highest BCUT2D eigenvalue weighted by atomic mass is 16.5. The number of carbonyl (C=O) groups excluding carboxylic acids is 1. The van der Waals surface area contributed by atoms with E-state index in [4.69, 9.17) is 4.74 Å². The van der Waals surface area contributed by atoms with Crippen molar-refractivity contribution in [1.29, 1.82) is 0 Å². The molecule has 1 aromatic carbocycles. The molecule has 0 spiro atoms. The van der Waals surface area contributed by atoms with Crippen molar-refractivity contribution >= 4 is 5.78 Å². The molecule has 2 rings (SSSR count). The maximum Gasteiger partial charge on any atom is 0.164 e. The van der Waals surface area contributed by atoms with Crippen LogP contribution in [0.25, 0.3) is 0 Å². The van der Waals surface area contributed by atoms with Gasteiger partial charge in [0.1, 0.15) is 0 Å². The number of Topliss-reactive ketones (excluding diaryl/α,β-unsaturated/α-hetero) is 1. The molecule has 3 heteroatoms. The molecule has 0 aliphatic carbocycles. The Hall–Kier alpha value is -1.19. The third-order valence-electron chi connectivity index (χ3n) is 3.76. The molecule has 0 N–H and O–H groups in total. The number of piperidine rings is 1. The van der Waals surface area contributed by atoms with Gasteiger partial charge in [-0.05, 0) is 25.3 Å². The molecule has 1 atom stereocenters. The largest absolute Gasteiger partial charge is 0.384 e. The van der Waals surface area contributed by atoms with Crippen LogP contribution in [0.1, 0.15) is 29.6 Å². The summed E-state index contributed by atoms with van der Waals surface area (Å²) < 4.78 is 5.23. The number of carbonyl (C=O) groups is 1. The number of ketones is 1. The summed E-state index contributed by atoms with van der Waals surface area (Å²) >= 11 is 0. The number of rotatable bonds is 6. The van der Waals surface area contributed by atoms with Crippen LogP contribution in [-0.4, -0.2) is 44.0 Å². The third kappa shape index (κ3) is 4.44. The Morgan fingerprint density at radius 3 is 2.89 bits per heavy atom. The quantitative estimate of drug-likeness (QED) is 0.737. The van der Waals surface area contributed by atoms with Gasteiger partial charge in [0, 0.05) is 32.2 Å². The van der Waals surface area contributed by atoms with Crippen LogP contribution in [0, 0.1) is 5.92 Å². The highest BCUT2D eigenvalue weighted by molar-refractivity contribution is 5.96. The van der Waals surface area contributed by atoms with E-state index in [2.05, 4.69) is 4.90 Å². The van der Waals surface area contributed by atoms with Gasteiger partial charge in [0.15, 0.2) is 5.78 Å². The summed E-state index contributed by atoms with van der Waals surface area (Å²) in [5.74, 6) is 0.875. The average Bonchev–Trinajstić information content (AvgIpc) is 2.46. The Morgan fingerprint density at radius 1 is 1.37 bits per heavy atom. The number of hydrogen-bond acceptors (Lipinski definition) is 3. The summed E-state index contributed by atoms with van der Waals surface area (Å²) in [5, 5.41) is 0. The SMILES string of the molecule is COCC1CCCN(CCC(=O)c2ccccc2)C1. The van der Waals surface area contributed by atoms with Gasteiger partial charge in [0.05, 0.1) is 6.61 Å². The van der Waals surface area contributed by atoms with E-state index in [1.54, 1.807) is 7.11 Å².